The molecular weight excluding hydrogens is 438 g/mol. The first-order chi connectivity index (χ1) is 13.9. The van der Waals surface area contributed by atoms with Crippen LogP contribution in [0.1, 0.15) is 22.7 Å². The standard InChI is InChI=1S/C22H22BrNO5/c1-13-11-15(7-8-17(13)29-3)20(25)18-19(14-5-4-6-16(23)12-14)24(9-10-28-2)22(27)21(18)26/h4-8,11-12,19,25H,9-10H2,1-3H3/b20-18+/t19-/m1/s1. The van der Waals surface area contributed by atoms with Gasteiger partial charge in [0.05, 0.1) is 25.3 Å². The molecule has 3 rings (SSSR count). The molecule has 1 aliphatic heterocycles. The highest BCUT2D eigenvalue weighted by atomic mass is 79.9. The van der Waals surface area contributed by atoms with Crippen molar-refractivity contribution in [1.82, 2.24) is 4.90 Å². The first-order valence-corrected chi connectivity index (χ1v) is 9.86. The lowest BCUT2D eigenvalue weighted by molar-refractivity contribution is -0.140. The van der Waals surface area contributed by atoms with Gasteiger partial charge in [-0.15, -0.1) is 0 Å². The average Bonchev–Trinajstić information content (AvgIpc) is 2.96. The van der Waals surface area contributed by atoms with Crippen LogP contribution in [0.15, 0.2) is 52.5 Å². The van der Waals surface area contributed by atoms with Gasteiger partial charge >= 0.3 is 0 Å². The lowest BCUT2D eigenvalue weighted by Gasteiger charge is -2.25. The SMILES string of the molecule is COCCN1C(=O)C(=O)/C(=C(/O)c2ccc(OC)c(C)c2)[C@H]1c1cccc(Br)c1. The molecule has 0 saturated carbocycles. The van der Waals surface area contributed by atoms with Gasteiger partial charge < -0.3 is 19.5 Å². The van der Waals surface area contributed by atoms with Gasteiger partial charge in [0.25, 0.3) is 11.7 Å². The monoisotopic (exact) mass is 459 g/mol. The van der Waals surface area contributed by atoms with E-state index in [2.05, 4.69) is 15.9 Å². The summed E-state index contributed by atoms with van der Waals surface area (Å²) in [4.78, 5) is 27.1. The Balaban J connectivity index is 2.17. The molecule has 0 unspecified atom stereocenters. The molecule has 29 heavy (non-hydrogen) atoms. The molecule has 7 heteroatoms. The normalized spacial score (nSPS) is 18.3. The van der Waals surface area contributed by atoms with Crippen molar-refractivity contribution >= 4 is 33.4 Å². The van der Waals surface area contributed by atoms with Gasteiger partial charge in [0.1, 0.15) is 11.5 Å². The predicted molar refractivity (Wildman–Crippen MR) is 113 cm³/mol. The van der Waals surface area contributed by atoms with Crippen LogP contribution in [-0.4, -0.2) is 49.1 Å². The second-order valence-corrected chi connectivity index (χ2v) is 7.64. The van der Waals surface area contributed by atoms with Crippen molar-refractivity contribution in [2.24, 2.45) is 0 Å². The largest absolute Gasteiger partial charge is 0.507 e. The van der Waals surface area contributed by atoms with E-state index < -0.39 is 17.7 Å². The number of likely N-dealkylation sites (tertiary alicyclic amines) is 1. The number of aliphatic hydroxyl groups excluding tert-OH is 1. The summed E-state index contributed by atoms with van der Waals surface area (Å²) in [6.45, 7) is 2.36. The molecule has 0 radical (unpaired) electrons. The van der Waals surface area contributed by atoms with Crippen LogP contribution in [0.4, 0.5) is 0 Å². The van der Waals surface area contributed by atoms with Crippen LogP contribution in [0, 0.1) is 6.92 Å². The lowest BCUT2D eigenvalue weighted by Crippen LogP contribution is -2.32. The average molecular weight is 460 g/mol. The summed E-state index contributed by atoms with van der Waals surface area (Å²) in [6.07, 6.45) is 0. The van der Waals surface area contributed by atoms with Crippen LogP contribution >= 0.6 is 15.9 Å². The molecule has 2 aromatic rings. The number of ether oxygens (including phenoxy) is 2. The molecule has 2 aromatic carbocycles. The molecule has 0 bridgehead atoms. The fourth-order valence-corrected chi connectivity index (χ4v) is 3.92. The maximum Gasteiger partial charge on any atom is 0.295 e. The fraction of sp³-hybridized carbons (Fsp3) is 0.273. The maximum atomic E-state index is 12.9. The summed E-state index contributed by atoms with van der Waals surface area (Å²) in [6, 6.07) is 11.8. The van der Waals surface area contributed by atoms with Crippen molar-refractivity contribution in [2.75, 3.05) is 27.4 Å². The molecule has 1 N–H and O–H groups in total. The zero-order chi connectivity index (χ0) is 21.1. The summed E-state index contributed by atoms with van der Waals surface area (Å²) < 4.78 is 11.2. The molecular formula is C22H22BrNO5. The Kier molecular flexibility index (Phi) is 6.39. The van der Waals surface area contributed by atoms with Gasteiger partial charge in [0.15, 0.2) is 0 Å². The quantitative estimate of drug-likeness (QED) is 0.403. The molecule has 6 nitrogen and oxygen atoms in total. The van der Waals surface area contributed by atoms with Gasteiger partial charge in [-0.3, -0.25) is 9.59 Å². The number of carbonyl (C=O) groups is 2. The Hall–Kier alpha value is -2.64. The maximum absolute atomic E-state index is 12.9. The number of halogens is 1. The molecule has 1 atom stereocenters. The van der Waals surface area contributed by atoms with E-state index in [-0.39, 0.29) is 24.5 Å². The van der Waals surface area contributed by atoms with Gasteiger partial charge in [0, 0.05) is 23.7 Å². The number of Topliss-reactive ketones (excluding diaryl/α,β-unsaturated/α-hetero) is 1. The van der Waals surface area contributed by atoms with E-state index in [9.17, 15) is 14.7 Å². The van der Waals surface area contributed by atoms with Gasteiger partial charge in [0.2, 0.25) is 0 Å². The first-order valence-electron chi connectivity index (χ1n) is 9.06. The van der Waals surface area contributed by atoms with Crippen LogP contribution in [-0.2, 0) is 14.3 Å². The Morgan fingerprint density at radius 2 is 1.93 bits per heavy atom. The molecule has 0 aromatic heterocycles. The smallest absolute Gasteiger partial charge is 0.295 e. The number of amides is 1. The second kappa shape index (κ2) is 8.80. The van der Waals surface area contributed by atoms with Crippen molar-refractivity contribution in [2.45, 2.75) is 13.0 Å². The molecule has 1 saturated heterocycles. The predicted octanol–water partition coefficient (Wildman–Crippen LogP) is 3.83. The summed E-state index contributed by atoms with van der Waals surface area (Å²) in [5.74, 6) is -0.902. The highest BCUT2D eigenvalue weighted by molar-refractivity contribution is 9.10. The first kappa shape index (κ1) is 21.1. The zero-order valence-corrected chi connectivity index (χ0v) is 18.0. The highest BCUT2D eigenvalue weighted by Gasteiger charge is 2.45. The minimum atomic E-state index is -0.711. The lowest BCUT2D eigenvalue weighted by atomic mass is 9.95. The van der Waals surface area contributed by atoms with Crippen molar-refractivity contribution in [1.29, 1.82) is 0 Å². The number of carbonyl (C=O) groups excluding carboxylic acids is 2. The van der Waals surface area contributed by atoms with Gasteiger partial charge in [-0.1, -0.05) is 28.1 Å². The molecule has 1 fully saturated rings. The Bertz CT molecular complexity index is 985. The molecule has 152 valence electrons. The van der Waals surface area contributed by atoms with Crippen LogP contribution in [0.3, 0.4) is 0 Å². The number of aryl methyl sites for hydroxylation is 1. The number of hydrogen-bond acceptors (Lipinski definition) is 5. The van der Waals surface area contributed by atoms with E-state index in [1.807, 2.05) is 31.2 Å². The molecule has 0 aliphatic carbocycles. The van der Waals surface area contributed by atoms with Crippen molar-refractivity contribution in [3.8, 4) is 5.75 Å². The van der Waals surface area contributed by atoms with Crippen LogP contribution in [0.5, 0.6) is 5.75 Å². The third-order valence-electron chi connectivity index (χ3n) is 4.91. The summed E-state index contributed by atoms with van der Waals surface area (Å²) in [7, 11) is 3.10. The number of rotatable bonds is 6. The van der Waals surface area contributed by atoms with E-state index in [4.69, 9.17) is 9.47 Å². The number of aliphatic hydroxyl groups is 1. The highest BCUT2D eigenvalue weighted by Crippen LogP contribution is 2.40. The second-order valence-electron chi connectivity index (χ2n) is 6.72. The Labute approximate surface area is 177 Å². The summed E-state index contributed by atoms with van der Waals surface area (Å²) in [5.41, 5.74) is 2.05. The molecule has 1 aliphatic rings. The Morgan fingerprint density at radius 3 is 2.55 bits per heavy atom. The number of methoxy groups -OCH3 is 2. The van der Waals surface area contributed by atoms with Gasteiger partial charge in [-0.2, -0.15) is 0 Å². The summed E-state index contributed by atoms with van der Waals surface area (Å²) in [5, 5.41) is 11.0. The van der Waals surface area contributed by atoms with Crippen molar-refractivity contribution < 1.29 is 24.2 Å². The summed E-state index contributed by atoms with van der Waals surface area (Å²) >= 11 is 3.43. The van der Waals surface area contributed by atoms with E-state index in [0.717, 1.165) is 15.6 Å². The molecule has 1 heterocycles. The van der Waals surface area contributed by atoms with Gasteiger partial charge in [-0.25, -0.2) is 0 Å². The van der Waals surface area contributed by atoms with Crippen molar-refractivity contribution in [3.63, 3.8) is 0 Å². The zero-order valence-electron chi connectivity index (χ0n) is 16.4. The molecule has 1 amide bonds. The molecule has 0 spiro atoms. The van der Waals surface area contributed by atoms with Crippen molar-refractivity contribution in [3.05, 3.63) is 69.2 Å². The minimum Gasteiger partial charge on any atom is -0.507 e. The van der Waals surface area contributed by atoms with Gasteiger partial charge in [-0.05, 0) is 48.4 Å². The van der Waals surface area contributed by atoms with E-state index in [1.165, 1.54) is 12.0 Å². The van der Waals surface area contributed by atoms with E-state index in [1.54, 1.807) is 25.3 Å². The number of ketones is 1. The number of hydrogen-bond donors (Lipinski definition) is 1. The Morgan fingerprint density at radius 1 is 1.17 bits per heavy atom. The third kappa shape index (κ3) is 4.06. The van der Waals surface area contributed by atoms with Crippen LogP contribution in [0.25, 0.3) is 5.76 Å². The minimum absolute atomic E-state index is 0.0637. The number of nitrogens with zero attached hydrogens (tertiary/aromatic N) is 1. The topological polar surface area (TPSA) is 76.1 Å². The fourth-order valence-electron chi connectivity index (χ4n) is 3.50. The third-order valence-corrected chi connectivity index (χ3v) is 5.40. The van der Waals surface area contributed by atoms with Crippen LogP contribution in [0.2, 0.25) is 0 Å². The van der Waals surface area contributed by atoms with E-state index in [0.29, 0.717) is 11.3 Å². The number of benzene rings is 2. The van der Waals surface area contributed by atoms with Crippen LogP contribution < -0.4 is 4.74 Å². The van der Waals surface area contributed by atoms with E-state index >= 15 is 0 Å².